The zero-order chi connectivity index (χ0) is 8.55. The Morgan fingerprint density at radius 1 is 1.58 bits per heavy atom. The molecule has 0 saturated heterocycles. The van der Waals surface area contributed by atoms with E-state index in [1.54, 1.807) is 16.9 Å². The molecule has 5 nitrogen and oxygen atoms in total. The number of hydrogen-bond donors (Lipinski definition) is 1. The first-order valence-corrected chi connectivity index (χ1v) is 4.16. The summed E-state index contributed by atoms with van der Waals surface area (Å²) in [6.45, 7) is 0.334. The van der Waals surface area contributed by atoms with E-state index in [9.17, 15) is 0 Å². The Morgan fingerprint density at radius 3 is 3.17 bits per heavy atom. The van der Waals surface area contributed by atoms with Crippen molar-refractivity contribution in [3.05, 3.63) is 22.7 Å². The van der Waals surface area contributed by atoms with Gasteiger partial charge in [-0.3, -0.25) is 0 Å². The number of nitrogens with two attached hydrogens (primary N) is 1. The summed E-state index contributed by atoms with van der Waals surface area (Å²) in [7, 11) is 0. The molecule has 0 fully saturated rings. The second kappa shape index (κ2) is 2.80. The van der Waals surface area contributed by atoms with Gasteiger partial charge in [0.15, 0.2) is 5.82 Å². The largest absolute Gasteiger partial charge is 0.324 e. The van der Waals surface area contributed by atoms with Crippen molar-refractivity contribution in [2.45, 2.75) is 6.54 Å². The highest BCUT2D eigenvalue weighted by atomic mass is 79.9. The lowest BCUT2D eigenvalue weighted by atomic mass is 10.6. The topological polar surface area (TPSA) is 69.1 Å². The zero-order valence-electron chi connectivity index (χ0n) is 6.11. The fraction of sp³-hybridized carbons (Fsp3) is 0.167. The molecule has 0 aromatic carbocycles. The second-order valence-electron chi connectivity index (χ2n) is 2.25. The molecule has 0 aliphatic heterocycles. The van der Waals surface area contributed by atoms with E-state index in [4.69, 9.17) is 5.73 Å². The van der Waals surface area contributed by atoms with Crippen LogP contribution in [-0.4, -0.2) is 19.6 Å². The van der Waals surface area contributed by atoms with Crippen LogP contribution < -0.4 is 5.73 Å². The third-order valence-corrected chi connectivity index (χ3v) is 1.80. The highest BCUT2D eigenvalue weighted by Crippen LogP contribution is 2.07. The fourth-order valence-electron chi connectivity index (χ4n) is 0.889. The molecule has 0 aliphatic carbocycles. The number of halogens is 1. The Hall–Kier alpha value is -1.01. The van der Waals surface area contributed by atoms with Crippen molar-refractivity contribution in [2.24, 2.45) is 5.73 Å². The van der Waals surface area contributed by atoms with Crippen molar-refractivity contribution in [1.29, 1.82) is 0 Å². The normalized spacial score (nSPS) is 10.8. The molecule has 2 rings (SSSR count). The molecule has 0 atom stereocenters. The summed E-state index contributed by atoms with van der Waals surface area (Å²) < 4.78 is 2.45. The second-order valence-corrected chi connectivity index (χ2v) is 3.16. The summed E-state index contributed by atoms with van der Waals surface area (Å²) in [5, 5.41) is 4.08. The van der Waals surface area contributed by atoms with Gasteiger partial charge < -0.3 is 5.73 Å². The Balaban J connectivity index is 2.67. The van der Waals surface area contributed by atoms with Gasteiger partial charge in [0.2, 0.25) is 0 Å². The first-order valence-electron chi connectivity index (χ1n) is 3.36. The van der Waals surface area contributed by atoms with Crippen LogP contribution in [0.3, 0.4) is 0 Å². The molecule has 12 heavy (non-hydrogen) atoms. The van der Waals surface area contributed by atoms with Crippen LogP contribution in [0.15, 0.2) is 16.9 Å². The number of hydrogen-bond acceptors (Lipinski definition) is 4. The average Bonchev–Trinajstić information content (AvgIpc) is 2.46. The molecule has 0 spiro atoms. The molecular formula is C6H6BrN5. The number of rotatable bonds is 1. The quantitative estimate of drug-likeness (QED) is 0.764. The standard InChI is InChI=1S/C6H6BrN5/c7-4-2-9-6-10-5(1-8)11-12(6)3-4/h2-3H,1,8H2. The number of fused-ring (bicyclic) bond motifs is 1. The predicted octanol–water partition coefficient (Wildman–Crippen LogP) is 0.345. The summed E-state index contributed by atoms with van der Waals surface area (Å²) in [6.07, 6.45) is 3.46. The summed E-state index contributed by atoms with van der Waals surface area (Å²) in [4.78, 5) is 8.10. The van der Waals surface area contributed by atoms with Gasteiger partial charge in [0, 0.05) is 12.4 Å². The van der Waals surface area contributed by atoms with E-state index in [0.717, 1.165) is 4.47 Å². The summed E-state index contributed by atoms with van der Waals surface area (Å²) >= 11 is 3.28. The van der Waals surface area contributed by atoms with Crippen LogP contribution in [0.2, 0.25) is 0 Å². The van der Waals surface area contributed by atoms with Crippen LogP contribution in [0.5, 0.6) is 0 Å². The SMILES string of the molecule is NCc1nc2ncc(Br)cn2n1. The summed E-state index contributed by atoms with van der Waals surface area (Å²) in [5.74, 6) is 1.17. The third kappa shape index (κ3) is 1.19. The van der Waals surface area contributed by atoms with E-state index in [0.29, 0.717) is 18.1 Å². The van der Waals surface area contributed by atoms with Gasteiger partial charge in [-0.2, -0.15) is 4.98 Å². The maximum absolute atomic E-state index is 5.37. The molecule has 2 aromatic heterocycles. The molecule has 0 radical (unpaired) electrons. The van der Waals surface area contributed by atoms with Gasteiger partial charge in [0.25, 0.3) is 5.78 Å². The van der Waals surface area contributed by atoms with Crippen LogP contribution >= 0.6 is 15.9 Å². The summed E-state index contributed by atoms with van der Waals surface area (Å²) in [5.41, 5.74) is 5.37. The molecule has 62 valence electrons. The van der Waals surface area contributed by atoms with Gasteiger partial charge in [-0.25, -0.2) is 9.50 Å². The fourth-order valence-corrected chi connectivity index (χ4v) is 1.19. The molecule has 0 amide bonds. The molecular weight excluding hydrogens is 222 g/mol. The molecule has 2 aromatic rings. The van der Waals surface area contributed by atoms with Crippen molar-refractivity contribution in [2.75, 3.05) is 0 Å². The van der Waals surface area contributed by atoms with E-state index < -0.39 is 0 Å². The van der Waals surface area contributed by atoms with Gasteiger partial charge in [0.05, 0.1) is 11.0 Å². The van der Waals surface area contributed by atoms with Crippen molar-refractivity contribution in [3.8, 4) is 0 Å². The van der Waals surface area contributed by atoms with Crippen LogP contribution in [0, 0.1) is 0 Å². The monoisotopic (exact) mass is 227 g/mol. The highest BCUT2D eigenvalue weighted by Gasteiger charge is 2.01. The zero-order valence-corrected chi connectivity index (χ0v) is 7.69. The molecule has 6 heteroatoms. The van der Waals surface area contributed by atoms with Crippen LogP contribution in [0.1, 0.15) is 5.82 Å². The minimum Gasteiger partial charge on any atom is -0.324 e. The average molecular weight is 228 g/mol. The highest BCUT2D eigenvalue weighted by molar-refractivity contribution is 9.10. The Morgan fingerprint density at radius 2 is 2.42 bits per heavy atom. The van der Waals surface area contributed by atoms with E-state index in [1.165, 1.54) is 0 Å². The lowest BCUT2D eigenvalue weighted by molar-refractivity contribution is 0.862. The van der Waals surface area contributed by atoms with E-state index in [-0.39, 0.29) is 0 Å². The van der Waals surface area contributed by atoms with Gasteiger partial charge in [-0.1, -0.05) is 0 Å². The summed E-state index contributed by atoms with van der Waals surface area (Å²) in [6, 6.07) is 0. The number of aromatic nitrogens is 4. The Bertz CT molecular complexity index is 409. The molecule has 0 aliphatic rings. The minimum absolute atomic E-state index is 0.334. The van der Waals surface area contributed by atoms with Gasteiger partial charge in [-0.15, -0.1) is 5.10 Å². The molecule has 2 heterocycles. The van der Waals surface area contributed by atoms with Gasteiger partial charge in [0.1, 0.15) is 0 Å². The van der Waals surface area contributed by atoms with E-state index in [2.05, 4.69) is 31.0 Å². The van der Waals surface area contributed by atoms with Crippen LogP contribution in [0.4, 0.5) is 0 Å². The lowest BCUT2D eigenvalue weighted by Crippen LogP contribution is -1.98. The minimum atomic E-state index is 0.334. The van der Waals surface area contributed by atoms with Gasteiger partial charge in [-0.05, 0) is 15.9 Å². The van der Waals surface area contributed by atoms with Crippen LogP contribution in [-0.2, 0) is 6.54 Å². The van der Waals surface area contributed by atoms with E-state index >= 15 is 0 Å². The molecule has 0 saturated carbocycles. The first-order chi connectivity index (χ1) is 5.79. The van der Waals surface area contributed by atoms with Gasteiger partial charge >= 0.3 is 0 Å². The maximum atomic E-state index is 5.37. The molecule has 2 N–H and O–H groups in total. The van der Waals surface area contributed by atoms with E-state index in [1.807, 2.05) is 0 Å². The van der Waals surface area contributed by atoms with Crippen molar-refractivity contribution in [3.63, 3.8) is 0 Å². The lowest BCUT2D eigenvalue weighted by Gasteiger charge is -1.88. The molecule has 0 bridgehead atoms. The Labute approximate surface area is 76.7 Å². The Kier molecular flexibility index (Phi) is 1.78. The molecule has 0 unspecified atom stereocenters. The number of nitrogens with zero attached hydrogens (tertiary/aromatic N) is 4. The maximum Gasteiger partial charge on any atom is 0.252 e. The van der Waals surface area contributed by atoms with Crippen LogP contribution in [0.25, 0.3) is 5.78 Å². The predicted molar refractivity (Wildman–Crippen MR) is 46.4 cm³/mol. The van der Waals surface area contributed by atoms with Crippen molar-refractivity contribution in [1.82, 2.24) is 19.6 Å². The smallest absolute Gasteiger partial charge is 0.252 e. The van der Waals surface area contributed by atoms with Crippen molar-refractivity contribution < 1.29 is 0 Å². The first kappa shape index (κ1) is 7.63. The van der Waals surface area contributed by atoms with Crippen molar-refractivity contribution >= 4 is 21.7 Å². The third-order valence-electron chi connectivity index (χ3n) is 1.39.